The van der Waals surface area contributed by atoms with Crippen LogP contribution in [0.5, 0.6) is 17.2 Å². The summed E-state index contributed by atoms with van der Waals surface area (Å²) in [6, 6.07) is 13.4. The molecule has 0 unspecified atom stereocenters. The van der Waals surface area contributed by atoms with Crippen LogP contribution in [0.2, 0.25) is 0 Å². The van der Waals surface area contributed by atoms with E-state index in [0.29, 0.717) is 31.8 Å². The summed E-state index contributed by atoms with van der Waals surface area (Å²) >= 11 is 0. The summed E-state index contributed by atoms with van der Waals surface area (Å²) in [7, 11) is 1.64. The molecule has 0 aromatic heterocycles. The zero-order chi connectivity index (χ0) is 19.6. The lowest BCUT2D eigenvalue weighted by molar-refractivity contribution is -0.121. The van der Waals surface area contributed by atoms with E-state index >= 15 is 0 Å². The first-order valence-electron chi connectivity index (χ1n) is 9.33. The molecule has 0 aliphatic rings. The van der Waals surface area contributed by atoms with Crippen molar-refractivity contribution in [2.24, 2.45) is 0 Å². The van der Waals surface area contributed by atoms with Crippen molar-refractivity contribution in [1.82, 2.24) is 5.32 Å². The predicted molar refractivity (Wildman–Crippen MR) is 107 cm³/mol. The molecule has 27 heavy (non-hydrogen) atoms. The average Bonchev–Trinajstić information content (AvgIpc) is 2.66. The van der Waals surface area contributed by atoms with Crippen molar-refractivity contribution < 1.29 is 19.0 Å². The molecule has 0 saturated heterocycles. The molecule has 5 heteroatoms. The minimum Gasteiger partial charge on any atom is -0.496 e. The summed E-state index contributed by atoms with van der Waals surface area (Å²) < 4.78 is 16.7. The minimum atomic E-state index is -0.119. The summed E-state index contributed by atoms with van der Waals surface area (Å²) in [5.41, 5.74) is 2.11. The van der Waals surface area contributed by atoms with Gasteiger partial charge >= 0.3 is 0 Å². The van der Waals surface area contributed by atoms with Gasteiger partial charge in [-0.15, -0.1) is 0 Å². The minimum absolute atomic E-state index is 0.00671. The fourth-order valence-corrected chi connectivity index (χ4v) is 2.84. The second-order valence-electron chi connectivity index (χ2n) is 6.37. The standard InChI is InChI=1S/C22H29NO4/c1-5-26-20-9-6-7-10-21(20)27-14-8-11-22(24)23-17(3)18-15-16(2)12-13-19(18)25-4/h6-7,9-10,12-13,15,17H,5,8,11,14H2,1-4H3,(H,23,24)/t17-/m0/s1. The molecule has 0 aliphatic heterocycles. The van der Waals surface area contributed by atoms with Crippen molar-refractivity contribution in [3.8, 4) is 17.2 Å². The lowest BCUT2D eigenvalue weighted by Crippen LogP contribution is -2.27. The largest absolute Gasteiger partial charge is 0.496 e. The van der Waals surface area contributed by atoms with E-state index in [1.54, 1.807) is 7.11 Å². The number of methoxy groups -OCH3 is 1. The maximum atomic E-state index is 12.3. The normalized spacial score (nSPS) is 11.6. The quantitative estimate of drug-likeness (QED) is 0.628. The lowest BCUT2D eigenvalue weighted by Gasteiger charge is -2.18. The average molecular weight is 371 g/mol. The molecule has 1 amide bonds. The molecule has 1 atom stereocenters. The highest BCUT2D eigenvalue weighted by molar-refractivity contribution is 5.76. The van der Waals surface area contributed by atoms with Gasteiger partial charge in [-0.2, -0.15) is 0 Å². The maximum Gasteiger partial charge on any atom is 0.220 e. The van der Waals surface area contributed by atoms with E-state index in [1.165, 1.54) is 0 Å². The SMILES string of the molecule is CCOc1ccccc1OCCCC(=O)N[C@@H](C)c1cc(C)ccc1OC. The first kappa shape index (κ1) is 20.6. The number of rotatable bonds is 10. The van der Waals surface area contributed by atoms with Crippen molar-refractivity contribution >= 4 is 5.91 Å². The fourth-order valence-electron chi connectivity index (χ4n) is 2.84. The van der Waals surface area contributed by atoms with E-state index in [9.17, 15) is 4.79 Å². The number of aryl methyl sites for hydroxylation is 1. The number of hydrogen-bond acceptors (Lipinski definition) is 4. The highest BCUT2D eigenvalue weighted by Gasteiger charge is 2.14. The van der Waals surface area contributed by atoms with E-state index in [4.69, 9.17) is 14.2 Å². The first-order valence-corrected chi connectivity index (χ1v) is 9.33. The summed E-state index contributed by atoms with van der Waals surface area (Å²) in [5, 5.41) is 3.03. The number of carbonyl (C=O) groups is 1. The van der Waals surface area contributed by atoms with Crippen molar-refractivity contribution in [3.63, 3.8) is 0 Å². The predicted octanol–water partition coefficient (Wildman–Crippen LogP) is 4.44. The topological polar surface area (TPSA) is 56.8 Å². The molecule has 0 saturated carbocycles. The lowest BCUT2D eigenvalue weighted by atomic mass is 10.0. The van der Waals surface area contributed by atoms with Gasteiger partial charge in [0.1, 0.15) is 5.75 Å². The van der Waals surface area contributed by atoms with Gasteiger partial charge in [-0.05, 0) is 45.4 Å². The molecule has 0 spiro atoms. The molecule has 0 heterocycles. The molecule has 2 rings (SSSR count). The van der Waals surface area contributed by atoms with Gasteiger partial charge in [0.25, 0.3) is 0 Å². The summed E-state index contributed by atoms with van der Waals surface area (Å²) in [6.45, 7) is 6.97. The Kier molecular flexibility index (Phi) is 7.99. The Labute approximate surface area is 161 Å². The van der Waals surface area contributed by atoms with Crippen LogP contribution in [-0.4, -0.2) is 26.2 Å². The van der Waals surface area contributed by atoms with Crippen LogP contribution in [0.1, 0.15) is 43.9 Å². The third kappa shape index (κ3) is 6.20. The van der Waals surface area contributed by atoms with E-state index in [0.717, 1.165) is 22.6 Å². The number of nitrogens with one attached hydrogen (secondary N) is 1. The zero-order valence-electron chi connectivity index (χ0n) is 16.6. The second-order valence-corrected chi connectivity index (χ2v) is 6.37. The number of hydrogen-bond donors (Lipinski definition) is 1. The van der Waals surface area contributed by atoms with Gasteiger partial charge < -0.3 is 19.5 Å². The molecule has 1 N–H and O–H groups in total. The third-order valence-corrected chi connectivity index (χ3v) is 4.18. The second kappa shape index (κ2) is 10.5. The van der Waals surface area contributed by atoms with Gasteiger partial charge in [0.2, 0.25) is 5.91 Å². The van der Waals surface area contributed by atoms with Crippen LogP contribution < -0.4 is 19.5 Å². The molecule has 0 radical (unpaired) electrons. The Morgan fingerprint density at radius 1 is 1.07 bits per heavy atom. The van der Waals surface area contributed by atoms with Crippen LogP contribution in [0, 0.1) is 6.92 Å². The fraction of sp³-hybridized carbons (Fsp3) is 0.409. The highest BCUT2D eigenvalue weighted by atomic mass is 16.5. The maximum absolute atomic E-state index is 12.3. The van der Waals surface area contributed by atoms with E-state index in [1.807, 2.05) is 63.2 Å². The van der Waals surface area contributed by atoms with Crippen molar-refractivity contribution in [2.45, 2.75) is 39.7 Å². The number of amides is 1. The number of para-hydroxylation sites is 2. The van der Waals surface area contributed by atoms with Gasteiger partial charge in [0.05, 0.1) is 26.4 Å². The Morgan fingerprint density at radius 3 is 2.44 bits per heavy atom. The highest BCUT2D eigenvalue weighted by Crippen LogP contribution is 2.27. The summed E-state index contributed by atoms with van der Waals surface area (Å²) in [6.07, 6.45) is 1.03. The Morgan fingerprint density at radius 2 is 1.78 bits per heavy atom. The van der Waals surface area contributed by atoms with Crippen LogP contribution in [0.4, 0.5) is 0 Å². The van der Waals surface area contributed by atoms with Gasteiger partial charge in [-0.1, -0.05) is 29.8 Å². The number of benzene rings is 2. The molecule has 5 nitrogen and oxygen atoms in total. The van der Waals surface area contributed by atoms with Crippen LogP contribution in [0.25, 0.3) is 0 Å². The Bertz CT molecular complexity index is 745. The zero-order valence-corrected chi connectivity index (χ0v) is 16.6. The van der Waals surface area contributed by atoms with E-state index in [-0.39, 0.29) is 11.9 Å². The molecule has 146 valence electrons. The van der Waals surface area contributed by atoms with Gasteiger partial charge in [-0.3, -0.25) is 4.79 Å². The monoisotopic (exact) mass is 371 g/mol. The Hall–Kier alpha value is -2.69. The molecular weight excluding hydrogens is 342 g/mol. The van der Waals surface area contributed by atoms with E-state index < -0.39 is 0 Å². The molecule has 2 aromatic rings. The molecular formula is C22H29NO4. The first-order chi connectivity index (χ1) is 13.0. The van der Waals surface area contributed by atoms with Crippen LogP contribution in [0.3, 0.4) is 0 Å². The number of ether oxygens (including phenoxy) is 3. The molecule has 0 aliphatic carbocycles. The van der Waals surface area contributed by atoms with Crippen LogP contribution in [0.15, 0.2) is 42.5 Å². The van der Waals surface area contributed by atoms with Gasteiger partial charge in [0.15, 0.2) is 11.5 Å². The summed E-state index contributed by atoms with van der Waals surface area (Å²) in [5.74, 6) is 2.21. The number of carbonyl (C=O) groups excluding carboxylic acids is 1. The van der Waals surface area contributed by atoms with Crippen LogP contribution in [-0.2, 0) is 4.79 Å². The Balaban J connectivity index is 1.81. The summed E-state index contributed by atoms with van der Waals surface area (Å²) in [4.78, 5) is 12.3. The van der Waals surface area contributed by atoms with Crippen molar-refractivity contribution in [1.29, 1.82) is 0 Å². The van der Waals surface area contributed by atoms with E-state index in [2.05, 4.69) is 5.32 Å². The third-order valence-electron chi connectivity index (χ3n) is 4.18. The van der Waals surface area contributed by atoms with Crippen molar-refractivity contribution in [2.75, 3.05) is 20.3 Å². The molecule has 0 fully saturated rings. The smallest absolute Gasteiger partial charge is 0.220 e. The molecule has 0 bridgehead atoms. The van der Waals surface area contributed by atoms with Gasteiger partial charge in [-0.25, -0.2) is 0 Å². The van der Waals surface area contributed by atoms with Crippen molar-refractivity contribution in [3.05, 3.63) is 53.6 Å². The van der Waals surface area contributed by atoms with Gasteiger partial charge in [0, 0.05) is 12.0 Å². The molecule has 2 aromatic carbocycles. The van der Waals surface area contributed by atoms with Crippen LogP contribution >= 0.6 is 0 Å².